The summed E-state index contributed by atoms with van der Waals surface area (Å²) in [4.78, 5) is 18.8. The molecule has 0 radical (unpaired) electrons. The van der Waals surface area contributed by atoms with Crippen LogP contribution in [0.4, 0.5) is 5.69 Å². The average Bonchev–Trinajstić information content (AvgIpc) is 3.02. The zero-order valence-electron chi connectivity index (χ0n) is 16.4. The van der Waals surface area contributed by atoms with Crippen molar-refractivity contribution in [2.45, 2.75) is 32.9 Å². The van der Waals surface area contributed by atoms with Crippen LogP contribution in [0.25, 0.3) is 11.1 Å². The SMILES string of the molecule is CCN(Cc1ccccc1)Cc1cncc(-c2ccc3c(c2)C(C)C(=O)N3)c1. The van der Waals surface area contributed by atoms with Crippen molar-refractivity contribution in [1.82, 2.24) is 9.88 Å². The normalized spacial score (nSPS) is 15.5. The number of hydrogen-bond acceptors (Lipinski definition) is 3. The van der Waals surface area contributed by atoms with E-state index in [1.807, 2.05) is 31.5 Å². The first-order valence-electron chi connectivity index (χ1n) is 9.79. The average molecular weight is 371 g/mol. The third-order valence-corrected chi connectivity index (χ3v) is 5.40. The van der Waals surface area contributed by atoms with Crippen LogP contribution in [0.1, 0.15) is 36.5 Å². The molecule has 0 aliphatic carbocycles. The molecular weight excluding hydrogens is 346 g/mol. The van der Waals surface area contributed by atoms with E-state index < -0.39 is 0 Å². The Hall–Kier alpha value is -2.98. The van der Waals surface area contributed by atoms with Gasteiger partial charge in [-0.25, -0.2) is 0 Å². The highest BCUT2D eigenvalue weighted by Gasteiger charge is 2.26. The molecule has 1 aliphatic heterocycles. The number of nitrogens with zero attached hydrogens (tertiary/aromatic N) is 2. The maximum absolute atomic E-state index is 11.9. The molecule has 4 nitrogen and oxygen atoms in total. The predicted molar refractivity (Wildman–Crippen MR) is 113 cm³/mol. The smallest absolute Gasteiger partial charge is 0.231 e. The van der Waals surface area contributed by atoms with Gasteiger partial charge in [-0.1, -0.05) is 43.3 Å². The van der Waals surface area contributed by atoms with Gasteiger partial charge < -0.3 is 5.32 Å². The van der Waals surface area contributed by atoms with Gasteiger partial charge in [0.15, 0.2) is 0 Å². The second-order valence-electron chi connectivity index (χ2n) is 7.38. The Morgan fingerprint density at radius 2 is 1.75 bits per heavy atom. The molecule has 28 heavy (non-hydrogen) atoms. The predicted octanol–water partition coefficient (Wildman–Crippen LogP) is 4.83. The molecule has 1 aromatic heterocycles. The summed E-state index contributed by atoms with van der Waals surface area (Å²) in [5.41, 5.74) is 6.68. The lowest BCUT2D eigenvalue weighted by Gasteiger charge is -2.20. The molecule has 2 aromatic carbocycles. The van der Waals surface area contributed by atoms with Crippen molar-refractivity contribution in [2.24, 2.45) is 0 Å². The highest BCUT2D eigenvalue weighted by atomic mass is 16.2. The number of benzene rings is 2. The van der Waals surface area contributed by atoms with E-state index in [1.54, 1.807) is 0 Å². The molecule has 0 spiro atoms. The molecule has 4 rings (SSSR count). The number of pyridine rings is 1. The van der Waals surface area contributed by atoms with Crippen LogP contribution in [0.3, 0.4) is 0 Å². The summed E-state index contributed by atoms with van der Waals surface area (Å²) in [7, 11) is 0. The van der Waals surface area contributed by atoms with Crippen molar-refractivity contribution in [1.29, 1.82) is 0 Å². The Labute approximate surface area is 166 Å². The first-order valence-corrected chi connectivity index (χ1v) is 9.79. The molecule has 1 unspecified atom stereocenters. The minimum absolute atomic E-state index is 0.0681. The first kappa shape index (κ1) is 18.4. The quantitative estimate of drug-likeness (QED) is 0.675. The van der Waals surface area contributed by atoms with E-state index in [4.69, 9.17) is 0 Å². The molecule has 0 saturated heterocycles. The Morgan fingerprint density at radius 1 is 0.964 bits per heavy atom. The molecule has 1 amide bonds. The molecule has 142 valence electrons. The van der Waals surface area contributed by atoms with Crippen LogP contribution < -0.4 is 5.32 Å². The van der Waals surface area contributed by atoms with E-state index >= 15 is 0 Å². The van der Waals surface area contributed by atoms with Crippen molar-refractivity contribution < 1.29 is 4.79 Å². The van der Waals surface area contributed by atoms with Crippen molar-refractivity contribution in [3.05, 3.63) is 83.7 Å². The number of nitrogens with one attached hydrogen (secondary N) is 1. The van der Waals surface area contributed by atoms with Crippen LogP contribution in [0.2, 0.25) is 0 Å². The number of hydrogen-bond donors (Lipinski definition) is 1. The highest BCUT2D eigenvalue weighted by Crippen LogP contribution is 2.35. The second kappa shape index (κ2) is 7.95. The first-order chi connectivity index (χ1) is 13.6. The van der Waals surface area contributed by atoms with Gasteiger partial charge in [-0.05, 0) is 53.9 Å². The van der Waals surface area contributed by atoms with E-state index in [9.17, 15) is 4.79 Å². The number of aromatic nitrogens is 1. The van der Waals surface area contributed by atoms with Gasteiger partial charge in [-0.15, -0.1) is 0 Å². The lowest BCUT2D eigenvalue weighted by Crippen LogP contribution is -2.22. The monoisotopic (exact) mass is 371 g/mol. The summed E-state index contributed by atoms with van der Waals surface area (Å²) < 4.78 is 0. The zero-order valence-corrected chi connectivity index (χ0v) is 16.4. The van der Waals surface area contributed by atoms with Crippen molar-refractivity contribution in [3.8, 4) is 11.1 Å². The molecule has 1 atom stereocenters. The molecule has 3 aromatic rings. The number of anilines is 1. The van der Waals surface area contributed by atoms with E-state index in [-0.39, 0.29) is 11.8 Å². The van der Waals surface area contributed by atoms with E-state index in [1.165, 1.54) is 11.1 Å². The van der Waals surface area contributed by atoms with Gasteiger partial charge in [-0.2, -0.15) is 0 Å². The van der Waals surface area contributed by atoms with Gasteiger partial charge in [0.1, 0.15) is 0 Å². The summed E-state index contributed by atoms with van der Waals surface area (Å²) in [6.07, 6.45) is 3.84. The molecule has 0 fully saturated rings. The highest BCUT2D eigenvalue weighted by molar-refractivity contribution is 6.03. The number of carbonyl (C=O) groups excluding carboxylic acids is 1. The van der Waals surface area contributed by atoms with Gasteiger partial charge in [0.25, 0.3) is 0 Å². The second-order valence-corrected chi connectivity index (χ2v) is 7.38. The summed E-state index contributed by atoms with van der Waals surface area (Å²) in [5.74, 6) is -0.0360. The summed E-state index contributed by atoms with van der Waals surface area (Å²) >= 11 is 0. The van der Waals surface area contributed by atoms with Gasteiger partial charge in [0.05, 0.1) is 5.92 Å². The lowest BCUT2D eigenvalue weighted by molar-refractivity contribution is -0.116. The van der Waals surface area contributed by atoms with Crippen LogP contribution >= 0.6 is 0 Å². The topological polar surface area (TPSA) is 45.2 Å². The lowest BCUT2D eigenvalue weighted by atomic mass is 9.97. The van der Waals surface area contributed by atoms with E-state index in [0.717, 1.165) is 42.0 Å². The minimum atomic E-state index is -0.104. The zero-order chi connectivity index (χ0) is 19.5. The van der Waals surface area contributed by atoms with Crippen LogP contribution in [0.5, 0.6) is 0 Å². The molecule has 1 N–H and O–H groups in total. The van der Waals surface area contributed by atoms with Crippen LogP contribution in [-0.2, 0) is 17.9 Å². The fraction of sp³-hybridized carbons (Fsp3) is 0.250. The third kappa shape index (κ3) is 3.82. The Morgan fingerprint density at radius 3 is 2.54 bits per heavy atom. The standard InChI is InChI=1S/C24H25N3O/c1-3-27(15-18-7-5-4-6-8-18)16-19-11-21(14-25-13-19)20-9-10-23-22(12-20)17(2)24(28)26-23/h4-14,17H,3,15-16H2,1-2H3,(H,26,28). The van der Waals surface area contributed by atoms with Crippen molar-refractivity contribution in [2.75, 3.05) is 11.9 Å². The molecule has 2 heterocycles. The fourth-order valence-corrected chi connectivity index (χ4v) is 3.71. The van der Waals surface area contributed by atoms with E-state index in [0.29, 0.717) is 0 Å². The van der Waals surface area contributed by atoms with Gasteiger partial charge >= 0.3 is 0 Å². The number of rotatable bonds is 6. The van der Waals surface area contributed by atoms with Crippen LogP contribution in [0, 0.1) is 0 Å². The number of carbonyl (C=O) groups is 1. The Bertz CT molecular complexity index is 984. The Balaban J connectivity index is 1.54. The fourth-order valence-electron chi connectivity index (χ4n) is 3.71. The number of fused-ring (bicyclic) bond motifs is 1. The largest absolute Gasteiger partial charge is 0.325 e. The maximum atomic E-state index is 11.9. The van der Waals surface area contributed by atoms with Gasteiger partial charge in [0, 0.05) is 36.7 Å². The minimum Gasteiger partial charge on any atom is -0.325 e. The molecule has 1 aliphatic rings. The van der Waals surface area contributed by atoms with Crippen LogP contribution in [-0.4, -0.2) is 22.3 Å². The maximum Gasteiger partial charge on any atom is 0.231 e. The summed E-state index contributed by atoms with van der Waals surface area (Å²) in [6, 6.07) is 18.9. The third-order valence-electron chi connectivity index (χ3n) is 5.40. The van der Waals surface area contributed by atoms with Crippen molar-refractivity contribution >= 4 is 11.6 Å². The molecule has 4 heteroatoms. The number of amides is 1. The molecule has 0 bridgehead atoms. The van der Waals surface area contributed by atoms with Gasteiger partial charge in [-0.3, -0.25) is 14.7 Å². The van der Waals surface area contributed by atoms with Gasteiger partial charge in [0.2, 0.25) is 5.91 Å². The van der Waals surface area contributed by atoms with Crippen molar-refractivity contribution in [3.63, 3.8) is 0 Å². The van der Waals surface area contributed by atoms with Crippen LogP contribution in [0.15, 0.2) is 67.0 Å². The molecule has 0 saturated carbocycles. The van der Waals surface area contributed by atoms with E-state index in [2.05, 4.69) is 64.6 Å². The Kier molecular flexibility index (Phi) is 5.22. The summed E-state index contributed by atoms with van der Waals surface area (Å²) in [6.45, 7) is 6.89. The molecular formula is C24H25N3O. The summed E-state index contributed by atoms with van der Waals surface area (Å²) in [5, 5.41) is 2.93.